The molecule has 1 aromatic rings. The number of hydrogen-bond acceptors (Lipinski definition) is 3. The Bertz CT molecular complexity index is 535. The third-order valence-electron chi connectivity index (χ3n) is 3.59. The molecule has 1 amide bonds. The van der Waals surface area contributed by atoms with E-state index in [-0.39, 0.29) is 5.91 Å². The van der Waals surface area contributed by atoms with E-state index in [1.54, 1.807) is 0 Å². The average Bonchev–Trinajstić information content (AvgIpc) is 3.14. The molecule has 0 aliphatic heterocycles. The second-order valence-corrected chi connectivity index (χ2v) is 7.45. The van der Waals surface area contributed by atoms with E-state index in [4.69, 9.17) is 11.6 Å². The molecule has 2 atom stereocenters. The highest BCUT2D eigenvalue weighted by Crippen LogP contribution is 2.39. The number of nitriles is 1. The second-order valence-electron chi connectivity index (χ2n) is 5.65. The van der Waals surface area contributed by atoms with E-state index in [9.17, 15) is 10.1 Å². The number of amides is 1. The molecule has 0 saturated heterocycles. The summed E-state index contributed by atoms with van der Waals surface area (Å²) in [6.45, 7) is 2.94. The molecule has 1 aliphatic carbocycles. The predicted octanol–water partition coefficient (Wildman–Crippen LogP) is 1.22. The molecule has 0 radical (unpaired) electrons. The molecule has 20 heavy (non-hydrogen) atoms. The first kappa shape index (κ1) is 15.3. The molecule has 0 spiro atoms. The van der Waals surface area contributed by atoms with Gasteiger partial charge < -0.3 is 10.2 Å². The molecule has 108 valence electrons. The number of rotatable bonds is 6. The van der Waals surface area contributed by atoms with Gasteiger partial charge in [0.1, 0.15) is 12.1 Å². The van der Waals surface area contributed by atoms with E-state index in [2.05, 4.69) is 11.4 Å². The Morgan fingerprint density at radius 3 is 2.85 bits per heavy atom. The van der Waals surface area contributed by atoms with Gasteiger partial charge >= 0.3 is 0 Å². The third kappa shape index (κ3) is 3.95. The summed E-state index contributed by atoms with van der Waals surface area (Å²) in [7, 11) is 1.97. The number of thiophene rings is 1. The van der Waals surface area contributed by atoms with Crippen LogP contribution in [0.2, 0.25) is 4.34 Å². The molecule has 0 aromatic carbocycles. The molecule has 1 aliphatic rings. The van der Waals surface area contributed by atoms with Gasteiger partial charge in [-0.3, -0.25) is 4.79 Å². The van der Waals surface area contributed by atoms with Crippen LogP contribution in [0.1, 0.15) is 24.6 Å². The molecule has 1 fully saturated rings. The minimum Gasteiger partial charge on any atom is -0.333 e. The molecular weight excluding hydrogens is 294 g/mol. The van der Waals surface area contributed by atoms with E-state index in [1.807, 2.05) is 26.1 Å². The Morgan fingerprint density at radius 2 is 2.35 bits per heavy atom. The van der Waals surface area contributed by atoms with Crippen molar-refractivity contribution in [3.63, 3.8) is 0 Å². The number of halogens is 1. The molecule has 1 saturated carbocycles. The monoisotopic (exact) mass is 312 g/mol. The third-order valence-corrected chi connectivity index (χ3v) is 4.82. The van der Waals surface area contributed by atoms with E-state index < -0.39 is 5.54 Å². The number of hydrogen-bond donors (Lipinski definition) is 2. The molecule has 6 heteroatoms. The highest BCUT2D eigenvalue weighted by atomic mass is 35.5. The van der Waals surface area contributed by atoms with Gasteiger partial charge in [-0.25, -0.2) is 0 Å². The largest absolute Gasteiger partial charge is 0.333 e. The van der Waals surface area contributed by atoms with Gasteiger partial charge in [-0.1, -0.05) is 11.6 Å². The van der Waals surface area contributed by atoms with E-state index >= 15 is 0 Å². The van der Waals surface area contributed by atoms with Crippen molar-refractivity contribution in [1.29, 1.82) is 5.26 Å². The Balaban J connectivity index is 1.83. The van der Waals surface area contributed by atoms with Gasteiger partial charge in [-0.15, -0.1) is 11.3 Å². The highest BCUT2D eigenvalue weighted by molar-refractivity contribution is 7.16. The van der Waals surface area contributed by atoms with Crippen LogP contribution in [0.15, 0.2) is 12.1 Å². The van der Waals surface area contributed by atoms with Crippen LogP contribution in [0.4, 0.5) is 0 Å². The number of carbonyl (C=O) groups is 1. The summed E-state index contributed by atoms with van der Waals surface area (Å²) in [5.41, 5.74) is -0.705. The topological polar surface area (TPSA) is 57.3 Å². The first-order valence-electron chi connectivity index (χ1n) is 6.71. The summed E-state index contributed by atoms with van der Waals surface area (Å²) in [6, 6.07) is 6.09. The van der Waals surface area contributed by atoms with Crippen molar-refractivity contribution >= 4 is 28.8 Å². The maximum Gasteiger partial charge on any atom is 0.276 e. The number of carbonyl (C=O) groups excluding carboxylic acids is 1. The van der Waals surface area contributed by atoms with Crippen LogP contribution in [0.25, 0.3) is 0 Å². The van der Waals surface area contributed by atoms with Gasteiger partial charge in [0.15, 0.2) is 6.54 Å². The lowest BCUT2D eigenvalue weighted by atomic mass is 9.98. The van der Waals surface area contributed by atoms with Crippen molar-refractivity contribution in [2.24, 2.45) is 5.92 Å². The van der Waals surface area contributed by atoms with Crippen LogP contribution in [-0.2, 0) is 11.3 Å². The van der Waals surface area contributed by atoms with Crippen LogP contribution >= 0.6 is 22.9 Å². The van der Waals surface area contributed by atoms with Crippen molar-refractivity contribution in [3.05, 3.63) is 21.3 Å². The fraction of sp³-hybridized carbons (Fsp3) is 0.571. The zero-order valence-corrected chi connectivity index (χ0v) is 13.3. The number of nitrogens with one attached hydrogen (secondary N) is 2. The van der Waals surface area contributed by atoms with Crippen LogP contribution in [-0.4, -0.2) is 25.0 Å². The average molecular weight is 313 g/mol. The molecule has 1 aromatic heterocycles. The Labute approximate surface area is 128 Å². The summed E-state index contributed by atoms with van der Waals surface area (Å²) < 4.78 is 0.767. The fourth-order valence-corrected chi connectivity index (χ4v) is 3.50. The second kappa shape index (κ2) is 6.13. The van der Waals surface area contributed by atoms with Gasteiger partial charge in [0.2, 0.25) is 0 Å². The smallest absolute Gasteiger partial charge is 0.276 e. The summed E-state index contributed by atoms with van der Waals surface area (Å²) in [4.78, 5) is 14.3. The van der Waals surface area contributed by atoms with E-state index in [1.165, 1.54) is 11.3 Å². The van der Waals surface area contributed by atoms with Gasteiger partial charge in [0.05, 0.1) is 22.3 Å². The summed E-state index contributed by atoms with van der Waals surface area (Å²) in [6.07, 6.45) is 2.06. The zero-order valence-electron chi connectivity index (χ0n) is 11.7. The van der Waals surface area contributed by atoms with Gasteiger partial charge in [0.25, 0.3) is 5.91 Å². The lowest BCUT2D eigenvalue weighted by Crippen LogP contribution is -3.09. The molecular formula is C14H19ClN3OS+. The molecule has 2 N–H and O–H groups in total. The summed E-state index contributed by atoms with van der Waals surface area (Å²) in [5.74, 6) is 0.244. The molecule has 4 nitrogen and oxygen atoms in total. The Kier molecular flexibility index (Phi) is 4.69. The maximum absolute atomic E-state index is 12.0. The van der Waals surface area contributed by atoms with Crippen LogP contribution in [0.5, 0.6) is 0 Å². The predicted molar refractivity (Wildman–Crippen MR) is 79.7 cm³/mol. The molecule has 1 unspecified atom stereocenters. The zero-order chi connectivity index (χ0) is 14.8. The lowest BCUT2D eigenvalue weighted by Gasteiger charge is -2.23. The highest BCUT2D eigenvalue weighted by Gasteiger charge is 2.43. The Hall–Kier alpha value is -1.09. The summed E-state index contributed by atoms with van der Waals surface area (Å²) >= 11 is 7.43. The lowest BCUT2D eigenvalue weighted by molar-refractivity contribution is -0.885. The molecule has 1 heterocycles. The van der Waals surface area contributed by atoms with Gasteiger partial charge in [-0.05, 0) is 37.8 Å². The number of quaternary nitrogens is 1. The number of likely N-dealkylation sites (N-methyl/N-ethyl adjacent to an activating group) is 1. The van der Waals surface area contributed by atoms with Crippen LogP contribution in [0.3, 0.4) is 0 Å². The normalized spacial score (nSPS) is 18.9. The van der Waals surface area contributed by atoms with Crippen molar-refractivity contribution in [3.8, 4) is 6.07 Å². The minimum absolute atomic E-state index is 0.0684. The van der Waals surface area contributed by atoms with Crippen LogP contribution in [0, 0.1) is 17.2 Å². The van der Waals surface area contributed by atoms with Gasteiger partial charge in [0, 0.05) is 0 Å². The molecule has 0 bridgehead atoms. The van der Waals surface area contributed by atoms with Crippen molar-refractivity contribution in [1.82, 2.24) is 5.32 Å². The number of nitrogens with zero attached hydrogens (tertiary/aromatic N) is 1. The van der Waals surface area contributed by atoms with Gasteiger partial charge in [-0.2, -0.15) is 5.26 Å². The summed E-state index contributed by atoms with van der Waals surface area (Å²) in [5, 5.41) is 12.1. The minimum atomic E-state index is -0.705. The first-order chi connectivity index (χ1) is 9.43. The SMILES string of the molecule is C[NH+](CC(=O)N[C@](C)(C#N)C1CC1)Cc1ccc(Cl)s1. The Morgan fingerprint density at radius 1 is 1.65 bits per heavy atom. The first-order valence-corrected chi connectivity index (χ1v) is 7.90. The fourth-order valence-electron chi connectivity index (χ4n) is 2.30. The van der Waals surface area contributed by atoms with Crippen LogP contribution < -0.4 is 10.2 Å². The van der Waals surface area contributed by atoms with E-state index in [0.717, 1.165) is 33.5 Å². The quantitative estimate of drug-likeness (QED) is 0.830. The maximum atomic E-state index is 12.0. The van der Waals surface area contributed by atoms with Crippen molar-refractivity contribution < 1.29 is 9.69 Å². The van der Waals surface area contributed by atoms with Crippen molar-refractivity contribution in [2.45, 2.75) is 31.8 Å². The standard InChI is InChI=1S/C14H18ClN3OS/c1-14(9-16,10-3-4-10)17-13(19)8-18(2)7-11-5-6-12(15)20-11/h5-6,10H,3-4,7-8H2,1-2H3,(H,17,19)/p+1/t14-/m1/s1. The van der Waals surface area contributed by atoms with E-state index in [0.29, 0.717) is 12.5 Å². The molecule has 2 rings (SSSR count). The van der Waals surface area contributed by atoms with Crippen molar-refractivity contribution in [2.75, 3.05) is 13.6 Å².